The summed E-state index contributed by atoms with van der Waals surface area (Å²) in [5.41, 5.74) is 0.828. The van der Waals surface area contributed by atoms with Crippen molar-refractivity contribution in [2.24, 2.45) is 11.3 Å². The molecule has 2 heteroatoms. The topological polar surface area (TPSA) is 12.0 Å². The maximum Gasteiger partial charge on any atom is 0.00644 e. The largest absolute Gasteiger partial charge is 0.317 e. The maximum absolute atomic E-state index is 3.40. The molecule has 2 rings (SSSR count). The van der Waals surface area contributed by atoms with Gasteiger partial charge in [0, 0.05) is 10.5 Å². The molecule has 2 aliphatic carbocycles. The van der Waals surface area contributed by atoms with E-state index in [0.29, 0.717) is 0 Å². The second-order valence-electron chi connectivity index (χ2n) is 4.48. The van der Waals surface area contributed by atoms with Gasteiger partial charge < -0.3 is 5.32 Å². The third kappa shape index (κ3) is 1.52. The fourth-order valence-electron chi connectivity index (χ4n) is 2.74. The molecule has 0 aromatic heterocycles. The molecule has 1 atom stereocenters. The Morgan fingerprint density at radius 3 is 2.50 bits per heavy atom. The van der Waals surface area contributed by atoms with Crippen molar-refractivity contribution >= 4 is 22.6 Å². The van der Waals surface area contributed by atoms with Crippen molar-refractivity contribution in [2.75, 3.05) is 11.5 Å². The summed E-state index contributed by atoms with van der Waals surface area (Å²) in [7, 11) is 2.10. The molecule has 2 fully saturated rings. The van der Waals surface area contributed by atoms with Crippen LogP contribution in [0.1, 0.15) is 32.1 Å². The number of halogens is 1. The summed E-state index contributed by atoms with van der Waals surface area (Å²) >= 11 is 2.55. The summed E-state index contributed by atoms with van der Waals surface area (Å²) in [4.78, 5) is 0. The smallest absolute Gasteiger partial charge is 0.00644 e. The van der Waals surface area contributed by atoms with Gasteiger partial charge in [-0.25, -0.2) is 0 Å². The van der Waals surface area contributed by atoms with Crippen LogP contribution in [-0.2, 0) is 0 Å². The molecule has 0 heterocycles. The Morgan fingerprint density at radius 1 is 1.42 bits per heavy atom. The molecule has 0 aliphatic heterocycles. The second kappa shape index (κ2) is 3.45. The average molecular weight is 279 g/mol. The Kier molecular flexibility index (Phi) is 2.66. The van der Waals surface area contributed by atoms with Crippen LogP contribution in [0.3, 0.4) is 0 Å². The monoisotopic (exact) mass is 279 g/mol. The van der Waals surface area contributed by atoms with Crippen LogP contribution in [0.15, 0.2) is 0 Å². The Balaban J connectivity index is 1.84. The molecule has 1 nitrogen and oxygen atoms in total. The van der Waals surface area contributed by atoms with E-state index in [-0.39, 0.29) is 0 Å². The predicted octanol–water partition coefficient (Wildman–Crippen LogP) is 2.59. The first-order valence-electron chi connectivity index (χ1n) is 5.04. The lowest BCUT2D eigenvalue weighted by Gasteiger charge is -2.29. The van der Waals surface area contributed by atoms with Gasteiger partial charge in [0.25, 0.3) is 0 Å². The summed E-state index contributed by atoms with van der Waals surface area (Å²) < 4.78 is 1.39. The van der Waals surface area contributed by atoms with Crippen LogP contribution in [0.5, 0.6) is 0 Å². The van der Waals surface area contributed by atoms with Crippen molar-refractivity contribution in [1.82, 2.24) is 5.32 Å². The third-order valence-electron chi connectivity index (χ3n) is 3.93. The van der Waals surface area contributed by atoms with Gasteiger partial charge in [0.2, 0.25) is 0 Å². The van der Waals surface area contributed by atoms with Gasteiger partial charge in [-0.15, -0.1) is 0 Å². The van der Waals surface area contributed by atoms with Crippen LogP contribution in [0.4, 0.5) is 0 Å². The summed E-state index contributed by atoms with van der Waals surface area (Å²) in [6, 6.07) is 0.825. The van der Waals surface area contributed by atoms with E-state index in [4.69, 9.17) is 0 Å². The van der Waals surface area contributed by atoms with Crippen molar-refractivity contribution in [2.45, 2.75) is 38.1 Å². The van der Waals surface area contributed by atoms with E-state index in [2.05, 4.69) is 35.0 Å². The minimum Gasteiger partial charge on any atom is -0.317 e. The van der Waals surface area contributed by atoms with Crippen LogP contribution in [0, 0.1) is 11.3 Å². The van der Waals surface area contributed by atoms with Gasteiger partial charge in [0.1, 0.15) is 0 Å². The highest BCUT2D eigenvalue weighted by Gasteiger charge is 2.53. The number of alkyl halides is 1. The lowest BCUT2D eigenvalue weighted by atomic mass is 9.82. The van der Waals surface area contributed by atoms with Gasteiger partial charge in [-0.2, -0.15) is 0 Å². The Morgan fingerprint density at radius 2 is 2.08 bits per heavy atom. The molecule has 2 saturated carbocycles. The van der Waals surface area contributed by atoms with Crippen molar-refractivity contribution in [3.05, 3.63) is 0 Å². The number of hydrogen-bond acceptors (Lipinski definition) is 1. The predicted molar refractivity (Wildman–Crippen MR) is 60.7 cm³/mol. The molecular formula is C10H18IN. The minimum absolute atomic E-state index is 0.825. The molecule has 1 spiro atoms. The number of nitrogens with one attached hydrogen (secondary N) is 1. The molecule has 70 valence electrons. The van der Waals surface area contributed by atoms with Crippen LogP contribution in [0.2, 0.25) is 0 Å². The van der Waals surface area contributed by atoms with Gasteiger partial charge in [-0.3, -0.25) is 0 Å². The molecule has 12 heavy (non-hydrogen) atoms. The van der Waals surface area contributed by atoms with Crippen molar-refractivity contribution in [3.63, 3.8) is 0 Å². The highest BCUT2D eigenvalue weighted by Crippen LogP contribution is 2.61. The summed E-state index contributed by atoms with van der Waals surface area (Å²) in [6.07, 6.45) is 7.36. The van der Waals surface area contributed by atoms with E-state index < -0.39 is 0 Å². The molecule has 0 radical (unpaired) electrons. The summed E-state index contributed by atoms with van der Waals surface area (Å²) in [5.74, 6) is 1.08. The fourth-order valence-corrected chi connectivity index (χ4v) is 3.99. The molecule has 1 unspecified atom stereocenters. The van der Waals surface area contributed by atoms with Crippen LogP contribution in [0.25, 0.3) is 0 Å². The Labute approximate surface area is 88.8 Å². The van der Waals surface area contributed by atoms with Crippen LogP contribution in [-0.4, -0.2) is 17.5 Å². The maximum atomic E-state index is 3.40. The molecule has 0 saturated heterocycles. The first-order valence-corrected chi connectivity index (χ1v) is 6.56. The standard InChI is InChI=1S/C10H18IN/c1-12-9-2-4-10(5-3-9)6-8(10)7-11/h8-9,12H,2-7H2,1H3. The van der Waals surface area contributed by atoms with E-state index in [9.17, 15) is 0 Å². The zero-order chi connectivity index (χ0) is 8.60. The van der Waals surface area contributed by atoms with E-state index in [1.165, 1.54) is 36.5 Å². The first kappa shape index (κ1) is 9.25. The molecule has 2 aliphatic rings. The number of hydrogen-bond donors (Lipinski definition) is 1. The second-order valence-corrected chi connectivity index (χ2v) is 5.36. The third-order valence-corrected chi connectivity index (χ3v) is 5.00. The Hall–Kier alpha value is 0.690. The van der Waals surface area contributed by atoms with E-state index in [0.717, 1.165) is 17.4 Å². The van der Waals surface area contributed by atoms with E-state index in [1.54, 1.807) is 0 Å². The molecule has 0 aromatic carbocycles. The van der Waals surface area contributed by atoms with E-state index >= 15 is 0 Å². The number of rotatable bonds is 2. The summed E-state index contributed by atoms with van der Waals surface area (Å²) in [5, 5.41) is 3.40. The zero-order valence-corrected chi connectivity index (χ0v) is 9.93. The molecular weight excluding hydrogens is 261 g/mol. The first-order chi connectivity index (χ1) is 5.80. The molecule has 0 amide bonds. The zero-order valence-electron chi connectivity index (χ0n) is 7.78. The van der Waals surface area contributed by atoms with Crippen LogP contribution < -0.4 is 5.32 Å². The minimum atomic E-state index is 0.825. The lowest BCUT2D eigenvalue weighted by molar-refractivity contribution is 0.268. The molecule has 0 aromatic rings. The van der Waals surface area contributed by atoms with Crippen molar-refractivity contribution in [1.29, 1.82) is 0 Å². The van der Waals surface area contributed by atoms with Gasteiger partial charge in [-0.1, -0.05) is 22.6 Å². The summed E-state index contributed by atoms with van der Waals surface area (Å²) in [6.45, 7) is 0. The van der Waals surface area contributed by atoms with Crippen molar-refractivity contribution < 1.29 is 0 Å². The van der Waals surface area contributed by atoms with Gasteiger partial charge in [0.05, 0.1) is 0 Å². The molecule has 1 N–H and O–H groups in total. The molecule has 0 bridgehead atoms. The average Bonchev–Trinajstić information content (AvgIpc) is 2.81. The lowest BCUT2D eigenvalue weighted by Crippen LogP contribution is -2.31. The normalized spacial score (nSPS) is 46.5. The highest BCUT2D eigenvalue weighted by molar-refractivity contribution is 14.1. The van der Waals surface area contributed by atoms with Gasteiger partial charge >= 0.3 is 0 Å². The fraction of sp³-hybridized carbons (Fsp3) is 1.00. The highest BCUT2D eigenvalue weighted by atomic mass is 127. The SMILES string of the molecule is CNC1CCC2(CC1)CC2CI. The Bertz CT molecular complexity index is 161. The van der Waals surface area contributed by atoms with Gasteiger partial charge in [0.15, 0.2) is 0 Å². The van der Waals surface area contributed by atoms with Gasteiger partial charge in [-0.05, 0) is 50.5 Å². The van der Waals surface area contributed by atoms with E-state index in [1.807, 2.05) is 0 Å². The van der Waals surface area contributed by atoms with Crippen LogP contribution >= 0.6 is 22.6 Å². The quantitative estimate of drug-likeness (QED) is 0.605. The van der Waals surface area contributed by atoms with Crippen molar-refractivity contribution in [3.8, 4) is 0 Å².